The molecule has 0 saturated carbocycles. The number of aromatic nitrogens is 1. The zero-order chi connectivity index (χ0) is 13.2. The first kappa shape index (κ1) is 11.6. The van der Waals surface area contributed by atoms with Gasteiger partial charge in [-0.3, -0.25) is 0 Å². The minimum absolute atomic E-state index is 0.341. The molecule has 0 spiro atoms. The number of furan rings is 1. The molecule has 0 saturated heterocycles. The molecule has 0 aliphatic rings. The van der Waals surface area contributed by atoms with Gasteiger partial charge in [0.15, 0.2) is 5.76 Å². The van der Waals surface area contributed by atoms with E-state index in [-0.39, 0.29) is 5.97 Å². The van der Waals surface area contributed by atoms with Gasteiger partial charge in [0.1, 0.15) is 0 Å². The van der Waals surface area contributed by atoms with Gasteiger partial charge >= 0.3 is 5.97 Å². The van der Waals surface area contributed by atoms with Crippen LogP contribution in [0.1, 0.15) is 17.3 Å². The fourth-order valence-electron chi connectivity index (χ4n) is 2.16. The molecule has 1 aromatic carbocycles. The molecule has 0 bridgehead atoms. The van der Waals surface area contributed by atoms with E-state index in [0.717, 1.165) is 10.9 Å². The normalized spacial score (nSPS) is 10.8. The van der Waals surface area contributed by atoms with Crippen LogP contribution in [0.5, 0.6) is 0 Å². The Morgan fingerprint density at radius 3 is 2.84 bits per heavy atom. The summed E-state index contributed by atoms with van der Waals surface area (Å²) < 4.78 is 10.5. The van der Waals surface area contributed by atoms with E-state index in [1.807, 2.05) is 30.3 Å². The number of nitrogens with one attached hydrogen (secondary N) is 1. The van der Waals surface area contributed by atoms with Crippen LogP contribution in [0.2, 0.25) is 0 Å². The monoisotopic (exact) mass is 255 g/mol. The van der Waals surface area contributed by atoms with Crippen molar-refractivity contribution in [1.82, 2.24) is 4.98 Å². The Kier molecular flexibility index (Phi) is 2.83. The van der Waals surface area contributed by atoms with Gasteiger partial charge in [-0.15, -0.1) is 0 Å². The van der Waals surface area contributed by atoms with Crippen LogP contribution in [0.25, 0.3) is 22.4 Å². The minimum Gasteiger partial charge on any atom is -0.463 e. The molecule has 4 nitrogen and oxygen atoms in total. The molecule has 0 atom stereocenters. The second kappa shape index (κ2) is 4.65. The van der Waals surface area contributed by atoms with E-state index in [1.54, 1.807) is 19.3 Å². The first-order chi connectivity index (χ1) is 9.31. The molecular formula is C15H13NO3. The van der Waals surface area contributed by atoms with Gasteiger partial charge < -0.3 is 14.1 Å². The number of hydrogen-bond acceptors (Lipinski definition) is 3. The number of esters is 1. The quantitative estimate of drug-likeness (QED) is 0.727. The molecule has 0 unspecified atom stereocenters. The predicted octanol–water partition coefficient (Wildman–Crippen LogP) is 3.60. The van der Waals surface area contributed by atoms with Crippen molar-refractivity contribution in [3.05, 3.63) is 48.2 Å². The van der Waals surface area contributed by atoms with Crippen molar-refractivity contribution < 1.29 is 13.9 Å². The fourth-order valence-corrected chi connectivity index (χ4v) is 2.16. The molecule has 19 heavy (non-hydrogen) atoms. The Bertz CT molecular complexity index is 710. The third-order valence-electron chi connectivity index (χ3n) is 2.95. The summed E-state index contributed by atoms with van der Waals surface area (Å²) in [4.78, 5) is 15.4. The fraction of sp³-hybridized carbons (Fsp3) is 0.133. The summed E-state index contributed by atoms with van der Waals surface area (Å²) in [5.74, 6) is 0.283. The van der Waals surface area contributed by atoms with E-state index in [0.29, 0.717) is 23.6 Å². The highest BCUT2D eigenvalue weighted by molar-refractivity contribution is 6.09. The van der Waals surface area contributed by atoms with Gasteiger partial charge in [0, 0.05) is 10.9 Å². The number of rotatable bonds is 3. The van der Waals surface area contributed by atoms with E-state index in [9.17, 15) is 4.79 Å². The average Bonchev–Trinajstić information content (AvgIpc) is 3.06. The topological polar surface area (TPSA) is 55.2 Å². The van der Waals surface area contributed by atoms with Crippen molar-refractivity contribution in [3.63, 3.8) is 0 Å². The number of fused-ring (bicyclic) bond motifs is 1. The number of carbonyl (C=O) groups is 1. The van der Waals surface area contributed by atoms with Gasteiger partial charge in [-0.25, -0.2) is 4.79 Å². The van der Waals surface area contributed by atoms with Crippen molar-refractivity contribution in [3.8, 4) is 11.5 Å². The number of H-pyrrole nitrogens is 1. The average molecular weight is 255 g/mol. The van der Waals surface area contributed by atoms with Gasteiger partial charge in [-0.1, -0.05) is 18.2 Å². The van der Waals surface area contributed by atoms with Crippen LogP contribution in [0.3, 0.4) is 0 Å². The zero-order valence-electron chi connectivity index (χ0n) is 10.5. The van der Waals surface area contributed by atoms with Crippen LogP contribution < -0.4 is 0 Å². The Morgan fingerprint density at radius 1 is 1.26 bits per heavy atom. The van der Waals surface area contributed by atoms with E-state index < -0.39 is 0 Å². The van der Waals surface area contributed by atoms with E-state index >= 15 is 0 Å². The van der Waals surface area contributed by atoms with Crippen molar-refractivity contribution >= 4 is 16.9 Å². The van der Waals surface area contributed by atoms with Gasteiger partial charge in [-0.05, 0) is 25.1 Å². The van der Waals surface area contributed by atoms with Crippen molar-refractivity contribution in [1.29, 1.82) is 0 Å². The highest BCUT2D eigenvalue weighted by Crippen LogP contribution is 2.31. The molecule has 0 radical (unpaired) electrons. The molecule has 0 aliphatic carbocycles. The summed E-state index contributed by atoms with van der Waals surface area (Å²) >= 11 is 0. The van der Waals surface area contributed by atoms with Crippen LogP contribution in [-0.2, 0) is 4.74 Å². The van der Waals surface area contributed by atoms with Crippen LogP contribution in [0.4, 0.5) is 0 Å². The Balaban J connectivity index is 2.25. The SMILES string of the molecule is CCOC(=O)c1c(-c2ccco2)[nH]c2ccccc12. The standard InChI is InChI=1S/C15H13NO3/c1-2-18-15(17)13-10-6-3-4-7-11(10)16-14(13)12-8-5-9-19-12/h3-9,16H,2H2,1H3. The van der Waals surface area contributed by atoms with Crippen molar-refractivity contribution in [2.24, 2.45) is 0 Å². The summed E-state index contributed by atoms with van der Waals surface area (Å²) in [6, 6.07) is 11.2. The molecule has 4 heteroatoms. The highest BCUT2D eigenvalue weighted by atomic mass is 16.5. The summed E-state index contributed by atoms with van der Waals surface area (Å²) in [5, 5.41) is 0.840. The van der Waals surface area contributed by atoms with Gasteiger partial charge in [-0.2, -0.15) is 0 Å². The molecule has 0 amide bonds. The number of benzene rings is 1. The van der Waals surface area contributed by atoms with E-state index in [1.165, 1.54) is 0 Å². The third kappa shape index (κ3) is 1.91. The zero-order valence-corrected chi connectivity index (χ0v) is 10.5. The third-order valence-corrected chi connectivity index (χ3v) is 2.95. The lowest BCUT2D eigenvalue weighted by atomic mass is 10.1. The van der Waals surface area contributed by atoms with E-state index in [2.05, 4.69) is 4.98 Å². The maximum atomic E-state index is 12.2. The second-order valence-corrected chi connectivity index (χ2v) is 4.12. The Hall–Kier alpha value is -2.49. The maximum Gasteiger partial charge on any atom is 0.341 e. The van der Waals surface area contributed by atoms with Gasteiger partial charge in [0.2, 0.25) is 0 Å². The Labute approximate surface area is 110 Å². The molecule has 1 N–H and O–H groups in total. The molecular weight excluding hydrogens is 242 g/mol. The number of carbonyl (C=O) groups excluding carboxylic acids is 1. The number of hydrogen-bond donors (Lipinski definition) is 1. The summed E-state index contributed by atoms with van der Waals surface area (Å²) in [6.45, 7) is 2.13. The lowest BCUT2D eigenvalue weighted by Gasteiger charge is -2.02. The minimum atomic E-state index is -0.341. The van der Waals surface area contributed by atoms with Crippen LogP contribution in [0.15, 0.2) is 47.1 Å². The smallest absolute Gasteiger partial charge is 0.341 e. The molecule has 2 aromatic heterocycles. The number of ether oxygens (including phenoxy) is 1. The maximum absolute atomic E-state index is 12.2. The lowest BCUT2D eigenvalue weighted by molar-refractivity contribution is 0.0529. The van der Waals surface area contributed by atoms with Gasteiger partial charge in [0.05, 0.1) is 24.1 Å². The predicted molar refractivity (Wildman–Crippen MR) is 72.0 cm³/mol. The highest BCUT2D eigenvalue weighted by Gasteiger charge is 2.21. The molecule has 2 heterocycles. The van der Waals surface area contributed by atoms with E-state index in [4.69, 9.17) is 9.15 Å². The molecule has 96 valence electrons. The largest absolute Gasteiger partial charge is 0.463 e. The lowest BCUT2D eigenvalue weighted by Crippen LogP contribution is -2.05. The number of aromatic amines is 1. The second-order valence-electron chi connectivity index (χ2n) is 4.12. The molecule has 3 aromatic rings. The van der Waals surface area contributed by atoms with Gasteiger partial charge in [0.25, 0.3) is 0 Å². The van der Waals surface area contributed by atoms with Crippen molar-refractivity contribution in [2.75, 3.05) is 6.61 Å². The first-order valence-corrected chi connectivity index (χ1v) is 6.13. The summed E-state index contributed by atoms with van der Waals surface area (Å²) in [7, 11) is 0. The number of para-hydroxylation sites is 1. The van der Waals surface area contributed by atoms with Crippen LogP contribution in [0, 0.1) is 0 Å². The molecule has 0 fully saturated rings. The van der Waals surface area contributed by atoms with Crippen molar-refractivity contribution in [2.45, 2.75) is 6.92 Å². The first-order valence-electron chi connectivity index (χ1n) is 6.13. The van der Waals surface area contributed by atoms with Crippen LogP contribution in [-0.4, -0.2) is 17.6 Å². The van der Waals surface area contributed by atoms with Crippen LogP contribution >= 0.6 is 0 Å². The Morgan fingerprint density at radius 2 is 2.11 bits per heavy atom. The summed E-state index contributed by atoms with van der Waals surface area (Å²) in [6.07, 6.45) is 1.58. The summed E-state index contributed by atoms with van der Waals surface area (Å²) in [5.41, 5.74) is 2.06. The molecule has 3 rings (SSSR count). The molecule has 0 aliphatic heterocycles.